The van der Waals surface area contributed by atoms with Gasteiger partial charge in [-0.3, -0.25) is 24.2 Å². The minimum absolute atomic E-state index is 0.128. The fraction of sp³-hybridized carbons (Fsp3) is 0.344. The van der Waals surface area contributed by atoms with Crippen molar-refractivity contribution in [1.29, 1.82) is 0 Å². The molecule has 1 aliphatic carbocycles. The zero-order chi connectivity index (χ0) is 27.0. The lowest BCUT2D eigenvalue weighted by atomic mass is 9.96. The number of aromatic nitrogens is 4. The molecule has 8 nitrogen and oxygen atoms in total. The van der Waals surface area contributed by atoms with E-state index in [1.165, 1.54) is 37.0 Å². The Balaban J connectivity index is 1.51. The highest BCUT2D eigenvalue weighted by Crippen LogP contribution is 2.39. The van der Waals surface area contributed by atoms with Crippen LogP contribution in [0.15, 0.2) is 61.3 Å². The average molecular weight is 535 g/mol. The maximum atomic E-state index is 14.2. The van der Waals surface area contributed by atoms with E-state index < -0.39 is 0 Å². The number of pyridine rings is 2. The lowest BCUT2D eigenvalue weighted by Crippen LogP contribution is -2.26. The molecule has 202 valence electrons. The zero-order valence-corrected chi connectivity index (χ0v) is 22.2. The second-order valence-electron chi connectivity index (χ2n) is 11.5. The van der Waals surface area contributed by atoms with Gasteiger partial charge >= 0.3 is 0 Å². The Labute approximate surface area is 228 Å². The number of aryl methyl sites for hydroxylation is 2. The number of furan rings is 1. The molecular weight excluding hydrogens is 504 g/mol. The summed E-state index contributed by atoms with van der Waals surface area (Å²) < 4.78 is 10.2. The molecule has 40 heavy (non-hydrogen) atoms. The van der Waals surface area contributed by atoms with Gasteiger partial charge in [-0.25, -0.2) is 0 Å². The summed E-state index contributed by atoms with van der Waals surface area (Å²) in [6.07, 6.45) is 9.67. The van der Waals surface area contributed by atoms with E-state index in [9.17, 15) is 14.4 Å². The molecule has 5 heterocycles. The molecule has 1 saturated carbocycles. The van der Waals surface area contributed by atoms with Crippen LogP contribution in [0.2, 0.25) is 0 Å². The maximum Gasteiger partial charge on any atom is 0.274 e. The SMILES string of the molecule is O=c1ccc2c(c1)oc1c(-c3cc4cccc5c4n(c3=O)CCC5)c3c(=O)[nH]n(C4CCCCCCC4)c3[nH]c12. The van der Waals surface area contributed by atoms with Crippen molar-refractivity contribution in [2.45, 2.75) is 70.4 Å². The third kappa shape index (κ3) is 3.41. The fourth-order valence-electron chi connectivity index (χ4n) is 7.18. The van der Waals surface area contributed by atoms with Crippen molar-refractivity contribution in [1.82, 2.24) is 19.3 Å². The molecule has 0 spiro atoms. The van der Waals surface area contributed by atoms with Gasteiger partial charge in [-0.05, 0) is 54.8 Å². The standard InChI is InChI=1S/C32H30N4O4/c37-21-13-14-22-24(17-21)40-29-25(23-16-19-9-6-8-18-10-7-15-35(28(18)19)32(23)39)26-30(33-27(22)29)36(34-31(26)38)20-11-4-2-1-3-5-12-20/h6,8-9,13-14,16-17,20,33H,1-5,7,10-12,15H2,(H,34,38). The van der Waals surface area contributed by atoms with E-state index in [4.69, 9.17) is 4.42 Å². The Morgan fingerprint density at radius 3 is 2.58 bits per heavy atom. The molecule has 4 aromatic heterocycles. The van der Waals surface area contributed by atoms with Gasteiger partial charge in [0, 0.05) is 23.6 Å². The molecule has 0 bridgehead atoms. The van der Waals surface area contributed by atoms with Gasteiger partial charge in [0.1, 0.15) is 11.2 Å². The van der Waals surface area contributed by atoms with E-state index in [1.54, 1.807) is 6.07 Å². The van der Waals surface area contributed by atoms with E-state index in [0.29, 0.717) is 45.4 Å². The molecule has 1 aliphatic heterocycles. The van der Waals surface area contributed by atoms with Crippen LogP contribution in [0.5, 0.6) is 0 Å². The second-order valence-corrected chi connectivity index (χ2v) is 11.5. The Morgan fingerprint density at radius 1 is 0.900 bits per heavy atom. The van der Waals surface area contributed by atoms with Crippen molar-refractivity contribution in [3.8, 4) is 11.1 Å². The predicted octanol–water partition coefficient (Wildman–Crippen LogP) is 6.13. The third-order valence-corrected chi connectivity index (χ3v) is 9.04. The smallest absolute Gasteiger partial charge is 0.274 e. The molecule has 2 aromatic carbocycles. The van der Waals surface area contributed by atoms with Gasteiger partial charge < -0.3 is 14.0 Å². The van der Waals surface area contributed by atoms with Crippen LogP contribution in [-0.4, -0.2) is 19.3 Å². The number of aromatic amines is 2. The number of nitrogens with zero attached hydrogens (tertiary/aromatic N) is 2. The lowest BCUT2D eigenvalue weighted by molar-refractivity contribution is 0.353. The average Bonchev–Trinajstić information content (AvgIpc) is 3.46. The van der Waals surface area contributed by atoms with E-state index in [-0.39, 0.29) is 22.6 Å². The summed E-state index contributed by atoms with van der Waals surface area (Å²) in [5.41, 5.74) is 4.75. The van der Waals surface area contributed by atoms with Gasteiger partial charge in [0.2, 0.25) is 0 Å². The summed E-state index contributed by atoms with van der Waals surface area (Å²) in [4.78, 5) is 43.7. The van der Waals surface area contributed by atoms with Gasteiger partial charge in [0.15, 0.2) is 11.0 Å². The minimum Gasteiger partial charge on any atom is -0.454 e. The molecule has 0 amide bonds. The summed E-state index contributed by atoms with van der Waals surface area (Å²) in [7, 11) is 0. The Kier molecular flexibility index (Phi) is 5.21. The van der Waals surface area contributed by atoms with Crippen LogP contribution in [-0.2, 0) is 13.0 Å². The summed E-state index contributed by atoms with van der Waals surface area (Å²) >= 11 is 0. The Bertz CT molecular complexity index is 2150. The topological polar surface area (TPSA) is 106 Å². The fourth-order valence-corrected chi connectivity index (χ4v) is 7.18. The number of hydrogen-bond donors (Lipinski definition) is 2. The van der Waals surface area contributed by atoms with Crippen LogP contribution in [0.1, 0.15) is 63.0 Å². The number of hydrogen-bond acceptors (Lipinski definition) is 4. The van der Waals surface area contributed by atoms with Crippen LogP contribution in [0.4, 0.5) is 0 Å². The highest BCUT2D eigenvalue weighted by molar-refractivity contribution is 6.14. The van der Waals surface area contributed by atoms with Crippen LogP contribution in [0, 0.1) is 0 Å². The van der Waals surface area contributed by atoms with Gasteiger partial charge in [0.05, 0.1) is 28.0 Å². The lowest BCUT2D eigenvalue weighted by Gasteiger charge is -2.22. The Morgan fingerprint density at radius 2 is 1.73 bits per heavy atom. The molecule has 0 saturated heterocycles. The maximum absolute atomic E-state index is 14.2. The van der Waals surface area contributed by atoms with E-state index in [1.807, 2.05) is 27.4 Å². The Hall–Kier alpha value is -4.33. The van der Waals surface area contributed by atoms with Crippen molar-refractivity contribution in [3.63, 3.8) is 0 Å². The monoisotopic (exact) mass is 534 g/mol. The third-order valence-electron chi connectivity index (χ3n) is 9.04. The molecule has 2 N–H and O–H groups in total. The quantitative estimate of drug-likeness (QED) is 0.279. The molecule has 8 rings (SSSR count). The molecule has 8 heteroatoms. The van der Waals surface area contributed by atoms with Crippen LogP contribution in [0.3, 0.4) is 0 Å². The zero-order valence-electron chi connectivity index (χ0n) is 22.2. The van der Waals surface area contributed by atoms with Crippen molar-refractivity contribution < 1.29 is 4.42 Å². The van der Waals surface area contributed by atoms with E-state index >= 15 is 0 Å². The first-order valence-corrected chi connectivity index (χ1v) is 14.5. The first kappa shape index (κ1) is 23.5. The van der Waals surface area contributed by atoms with Crippen LogP contribution in [0.25, 0.3) is 55.1 Å². The number of nitrogens with one attached hydrogen (secondary N) is 2. The van der Waals surface area contributed by atoms with Gasteiger partial charge in [-0.1, -0.05) is 50.3 Å². The highest BCUT2D eigenvalue weighted by atomic mass is 16.3. The number of fused-ring (bicyclic) bond motifs is 4. The van der Waals surface area contributed by atoms with Crippen molar-refractivity contribution in [3.05, 3.63) is 79.0 Å². The number of benzene rings is 2. The van der Waals surface area contributed by atoms with Crippen molar-refractivity contribution in [2.75, 3.05) is 0 Å². The normalized spacial score (nSPS) is 16.7. The number of H-pyrrole nitrogens is 2. The largest absolute Gasteiger partial charge is 0.454 e. The molecular formula is C32H30N4O4. The molecule has 0 unspecified atom stereocenters. The predicted molar refractivity (Wildman–Crippen MR) is 157 cm³/mol. The van der Waals surface area contributed by atoms with Gasteiger partial charge in [0.25, 0.3) is 11.1 Å². The van der Waals surface area contributed by atoms with E-state index in [0.717, 1.165) is 54.8 Å². The van der Waals surface area contributed by atoms with Gasteiger partial charge in [-0.15, -0.1) is 0 Å². The molecule has 0 atom stereocenters. The first-order valence-electron chi connectivity index (χ1n) is 14.5. The summed E-state index contributed by atoms with van der Waals surface area (Å²) in [5.74, 6) is 0. The van der Waals surface area contributed by atoms with Crippen molar-refractivity contribution >= 4 is 44.0 Å². The van der Waals surface area contributed by atoms with Crippen LogP contribution >= 0.6 is 0 Å². The second kappa shape index (κ2) is 8.84. The van der Waals surface area contributed by atoms with E-state index in [2.05, 4.69) is 16.1 Å². The molecule has 2 aliphatic rings. The van der Waals surface area contributed by atoms with Crippen LogP contribution < -0.4 is 16.5 Å². The molecule has 0 radical (unpaired) electrons. The summed E-state index contributed by atoms with van der Waals surface area (Å²) in [6.45, 7) is 0.630. The van der Waals surface area contributed by atoms with Crippen molar-refractivity contribution in [2.24, 2.45) is 0 Å². The van der Waals surface area contributed by atoms with Gasteiger partial charge in [-0.2, -0.15) is 0 Å². The molecule has 1 fully saturated rings. The number of para-hydroxylation sites is 1. The highest BCUT2D eigenvalue weighted by Gasteiger charge is 2.27. The number of rotatable bonds is 2. The summed E-state index contributed by atoms with van der Waals surface area (Å²) in [6, 6.07) is 12.9. The molecule has 6 aromatic rings. The summed E-state index contributed by atoms with van der Waals surface area (Å²) in [5, 5.41) is 5.28. The minimum atomic E-state index is -0.248. The first-order chi connectivity index (χ1) is 19.6.